The Morgan fingerprint density at radius 2 is 2.06 bits per heavy atom. The number of alkyl halides is 1. The van der Waals surface area contributed by atoms with E-state index >= 15 is 0 Å². The van der Waals surface area contributed by atoms with Gasteiger partial charge < -0.3 is 4.74 Å². The molecule has 0 aromatic heterocycles. The fraction of sp³-hybridized carbons (Fsp3) is 0.333. The van der Waals surface area contributed by atoms with Gasteiger partial charge in [0.25, 0.3) is 0 Å². The van der Waals surface area contributed by atoms with Gasteiger partial charge in [-0.1, -0.05) is 15.9 Å². The van der Waals surface area contributed by atoms with Gasteiger partial charge in [-0.3, -0.25) is 9.59 Å². The zero-order valence-electron chi connectivity index (χ0n) is 9.50. The Morgan fingerprint density at radius 3 is 2.59 bits per heavy atom. The van der Waals surface area contributed by atoms with Crippen LogP contribution in [0, 0.1) is 0 Å². The smallest absolute Gasteiger partial charge is 0.309 e. The van der Waals surface area contributed by atoms with Crippen molar-refractivity contribution in [3.63, 3.8) is 0 Å². The van der Waals surface area contributed by atoms with Gasteiger partial charge in [0.1, 0.15) is 0 Å². The average molecular weight is 320 g/mol. The number of halogens is 2. The fourth-order valence-electron chi connectivity index (χ4n) is 1.36. The summed E-state index contributed by atoms with van der Waals surface area (Å²) in [6.45, 7) is 1.62. The zero-order valence-corrected chi connectivity index (χ0v) is 11.8. The molecule has 3 nitrogen and oxygen atoms in total. The van der Waals surface area contributed by atoms with E-state index < -0.39 is 5.38 Å². The van der Waals surface area contributed by atoms with E-state index in [4.69, 9.17) is 11.6 Å². The van der Waals surface area contributed by atoms with Crippen LogP contribution >= 0.6 is 27.5 Å². The molecular weight excluding hydrogens is 307 g/mol. The van der Waals surface area contributed by atoms with Crippen molar-refractivity contribution in [3.8, 4) is 0 Å². The Kier molecular flexibility index (Phi) is 5.15. The molecule has 0 aliphatic heterocycles. The summed E-state index contributed by atoms with van der Waals surface area (Å²) in [5.74, 6) is -0.514. The minimum atomic E-state index is -0.588. The largest absolute Gasteiger partial charge is 0.469 e. The van der Waals surface area contributed by atoms with E-state index in [9.17, 15) is 9.59 Å². The quantitative estimate of drug-likeness (QED) is 0.487. The van der Waals surface area contributed by atoms with Gasteiger partial charge in [0.05, 0.1) is 18.9 Å². The maximum Gasteiger partial charge on any atom is 0.309 e. The Balaban J connectivity index is 3.02. The molecule has 1 aromatic carbocycles. The number of hydrogen-bond donors (Lipinski definition) is 0. The van der Waals surface area contributed by atoms with E-state index in [1.165, 1.54) is 7.11 Å². The number of carbonyl (C=O) groups excluding carboxylic acids is 2. The second kappa shape index (κ2) is 6.17. The van der Waals surface area contributed by atoms with Crippen LogP contribution in [0.1, 0.15) is 22.8 Å². The van der Waals surface area contributed by atoms with Crippen molar-refractivity contribution in [2.24, 2.45) is 0 Å². The summed E-state index contributed by atoms with van der Waals surface area (Å²) in [7, 11) is 1.33. The van der Waals surface area contributed by atoms with Crippen LogP contribution in [0.5, 0.6) is 0 Å². The molecule has 0 N–H and O–H groups in total. The molecule has 1 rings (SSSR count). The molecule has 0 fully saturated rings. The van der Waals surface area contributed by atoms with Crippen molar-refractivity contribution in [1.82, 2.24) is 0 Å². The van der Waals surface area contributed by atoms with Crippen LogP contribution in [0.3, 0.4) is 0 Å². The van der Waals surface area contributed by atoms with Crippen LogP contribution in [0.4, 0.5) is 0 Å². The SMILES string of the molecule is COC(=O)Cc1cc(Br)cc(C(=O)C(C)Cl)c1. The molecule has 0 heterocycles. The summed E-state index contributed by atoms with van der Waals surface area (Å²) < 4.78 is 5.31. The molecule has 1 atom stereocenters. The third-order valence-electron chi connectivity index (χ3n) is 2.18. The summed E-state index contributed by atoms with van der Waals surface area (Å²) in [6, 6.07) is 5.11. The molecule has 0 saturated carbocycles. The van der Waals surface area contributed by atoms with E-state index in [1.807, 2.05) is 0 Å². The van der Waals surface area contributed by atoms with Crippen molar-refractivity contribution in [1.29, 1.82) is 0 Å². The van der Waals surface area contributed by atoms with Gasteiger partial charge in [-0.2, -0.15) is 0 Å². The Morgan fingerprint density at radius 1 is 1.41 bits per heavy atom. The molecular formula is C12H12BrClO3. The van der Waals surface area contributed by atoms with Crippen LogP contribution in [0.15, 0.2) is 22.7 Å². The highest BCUT2D eigenvalue weighted by atomic mass is 79.9. The summed E-state index contributed by atoms with van der Waals surface area (Å²) in [5, 5.41) is -0.588. The predicted octanol–water partition coefficient (Wildman–Crippen LogP) is 2.97. The van der Waals surface area contributed by atoms with Gasteiger partial charge in [-0.15, -0.1) is 11.6 Å². The van der Waals surface area contributed by atoms with E-state index in [1.54, 1.807) is 25.1 Å². The second-order valence-electron chi connectivity index (χ2n) is 3.58. The van der Waals surface area contributed by atoms with Gasteiger partial charge in [-0.05, 0) is 30.7 Å². The molecule has 0 aliphatic rings. The number of rotatable bonds is 4. The lowest BCUT2D eigenvalue weighted by molar-refractivity contribution is -0.139. The Bertz CT molecular complexity index is 443. The number of ketones is 1. The van der Waals surface area contributed by atoms with E-state index in [-0.39, 0.29) is 18.2 Å². The van der Waals surface area contributed by atoms with Crippen molar-refractivity contribution < 1.29 is 14.3 Å². The molecule has 1 aromatic rings. The van der Waals surface area contributed by atoms with Crippen molar-refractivity contribution in [3.05, 3.63) is 33.8 Å². The van der Waals surface area contributed by atoms with Gasteiger partial charge in [-0.25, -0.2) is 0 Å². The topological polar surface area (TPSA) is 43.4 Å². The average Bonchev–Trinajstić information content (AvgIpc) is 2.26. The van der Waals surface area contributed by atoms with Gasteiger partial charge in [0.15, 0.2) is 5.78 Å². The maximum atomic E-state index is 11.7. The molecule has 0 saturated heterocycles. The standard InChI is InChI=1S/C12H12BrClO3/c1-7(14)12(16)9-3-8(4-10(13)6-9)5-11(15)17-2/h3-4,6-7H,5H2,1-2H3. The molecule has 5 heteroatoms. The molecule has 0 spiro atoms. The van der Waals surface area contributed by atoms with Crippen LogP contribution in [0.25, 0.3) is 0 Å². The monoisotopic (exact) mass is 318 g/mol. The lowest BCUT2D eigenvalue weighted by Crippen LogP contribution is -2.12. The third kappa shape index (κ3) is 4.13. The molecule has 0 aliphatic carbocycles. The number of hydrogen-bond acceptors (Lipinski definition) is 3. The van der Waals surface area contributed by atoms with Crippen LogP contribution in [0.2, 0.25) is 0 Å². The summed E-state index contributed by atoms with van der Waals surface area (Å²) in [6.07, 6.45) is 0.132. The highest BCUT2D eigenvalue weighted by molar-refractivity contribution is 9.10. The fourth-order valence-corrected chi connectivity index (χ4v) is 2.03. The van der Waals surface area contributed by atoms with Gasteiger partial charge in [0.2, 0.25) is 0 Å². The lowest BCUT2D eigenvalue weighted by atomic mass is 10.0. The number of carbonyl (C=O) groups is 2. The van der Waals surface area contributed by atoms with E-state index in [0.717, 1.165) is 4.47 Å². The highest BCUT2D eigenvalue weighted by Crippen LogP contribution is 2.19. The van der Waals surface area contributed by atoms with Gasteiger partial charge in [0, 0.05) is 10.0 Å². The van der Waals surface area contributed by atoms with Crippen LogP contribution < -0.4 is 0 Å². The van der Waals surface area contributed by atoms with E-state index in [0.29, 0.717) is 11.1 Å². The third-order valence-corrected chi connectivity index (χ3v) is 2.84. The first kappa shape index (κ1) is 14.2. The van der Waals surface area contributed by atoms with Crippen LogP contribution in [-0.4, -0.2) is 24.2 Å². The maximum absolute atomic E-state index is 11.7. The first-order valence-electron chi connectivity index (χ1n) is 4.98. The summed E-state index contributed by atoms with van der Waals surface area (Å²) in [4.78, 5) is 22.9. The molecule has 17 heavy (non-hydrogen) atoms. The number of methoxy groups -OCH3 is 1. The second-order valence-corrected chi connectivity index (χ2v) is 5.15. The molecule has 92 valence electrons. The van der Waals surface area contributed by atoms with Crippen molar-refractivity contribution in [2.75, 3.05) is 7.11 Å². The first-order chi connectivity index (χ1) is 7.93. The minimum Gasteiger partial charge on any atom is -0.469 e. The molecule has 0 amide bonds. The Hall–Kier alpha value is -0.870. The minimum absolute atomic E-state index is 0.132. The Labute approximate surface area is 113 Å². The first-order valence-corrected chi connectivity index (χ1v) is 6.21. The summed E-state index contributed by atoms with van der Waals surface area (Å²) >= 11 is 9.04. The summed E-state index contributed by atoms with van der Waals surface area (Å²) in [5.41, 5.74) is 1.20. The van der Waals surface area contributed by atoms with Crippen LogP contribution in [-0.2, 0) is 16.0 Å². The highest BCUT2D eigenvalue weighted by Gasteiger charge is 2.14. The molecule has 0 radical (unpaired) electrons. The van der Waals surface area contributed by atoms with E-state index in [2.05, 4.69) is 20.7 Å². The lowest BCUT2D eigenvalue weighted by Gasteiger charge is -2.07. The van der Waals surface area contributed by atoms with Crippen molar-refractivity contribution >= 4 is 39.3 Å². The predicted molar refractivity (Wildman–Crippen MR) is 69.5 cm³/mol. The normalized spacial score (nSPS) is 12.0. The van der Waals surface area contributed by atoms with Crippen molar-refractivity contribution in [2.45, 2.75) is 18.7 Å². The number of esters is 1. The zero-order chi connectivity index (χ0) is 13.0. The number of benzene rings is 1. The van der Waals surface area contributed by atoms with Gasteiger partial charge >= 0.3 is 5.97 Å². The molecule has 1 unspecified atom stereocenters. The number of Topliss-reactive ketones (excluding diaryl/α,β-unsaturated/α-hetero) is 1. The molecule has 0 bridgehead atoms. The number of ether oxygens (including phenoxy) is 1.